The van der Waals surface area contributed by atoms with E-state index in [-0.39, 0.29) is 17.3 Å². The second-order valence-corrected chi connectivity index (χ2v) is 10.1. The van der Waals surface area contributed by atoms with Crippen molar-refractivity contribution in [3.63, 3.8) is 0 Å². The lowest BCUT2D eigenvalue weighted by Crippen LogP contribution is -2.30. The molecule has 0 fully saturated rings. The Labute approximate surface area is 190 Å². The lowest BCUT2D eigenvalue weighted by molar-refractivity contribution is 0.0635. The van der Waals surface area contributed by atoms with Crippen LogP contribution in [0.4, 0.5) is 10.5 Å². The van der Waals surface area contributed by atoms with E-state index in [1.807, 2.05) is 0 Å². The van der Waals surface area contributed by atoms with Gasteiger partial charge in [-0.15, -0.1) is 0 Å². The fraction of sp³-hybridized carbons (Fsp3) is 0.391. The van der Waals surface area contributed by atoms with Gasteiger partial charge in [0, 0.05) is 30.9 Å². The number of anilines is 1. The second-order valence-electron chi connectivity index (χ2n) is 8.12. The first kappa shape index (κ1) is 25.4. The van der Waals surface area contributed by atoms with Gasteiger partial charge in [0.1, 0.15) is 5.60 Å². The predicted molar refractivity (Wildman–Crippen MR) is 124 cm³/mol. The van der Waals surface area contributed by atoms with E-state index in [0.717, 1.165) is 5.56 Å². The Bertz CT molecular complexity index is 1020. The van der Waals surface area contributed by atoms with Gasteiger partial charge in [0.2, 0.25) is 10.0 Å². The molecule has 2 aromatic rings. The number of carbonyl (C=O) groups is 2. The lowest BCUT2D eigenvalue weighted by atomic mass is 10.1. The number of rotatable bonds is 8. The van der Waals surface area contributed by atoms with Crippen molar-refractivity contribution >= 4 is 27.7 Å². The van der Waals surface area contributed by atoms with Crippen molar-refractivity contribution in [1.82, 2.24) is 9.62 Å². The molecule has 2 rings (SSSR count). The van der Waals surface area contributed by atoms with Crippen molar-refractivity contribution in [2.75, 3.05) is 18.4 Å². The van der Waals surface area contributed by atoms with Gasteiger partial charge in [0.15, 0.2) is 0 Å². The van der Waals surface area contributed by atoms with Crippen molar-refractivity contribution in [1.29, 1.82) is 0 Å². The first-order valence-corrected chi connectivity index (χ1v) is 11.9. The van der Waals surface area contributed by atoms with Crippen LogP contribution in [-0.4, -0.2) is 43.4 Å². The molecule has 0 aliphatic rings. The molecule has 0 atom stereocenters. The molecule has 0 bridgehead atoms. The summed E-state index contributed by atoms with van der Waals surface area (Å²) < 4.78 is 31.7. The molecule has 9 heteroatoms. The number of nitrogens with one attached hydrogen (secondary N) is 2. The zero-order valence-electron chi connectivity index (χ0n) is 19.1. The molecule has 174 valence electrons. The fourth-order valence-corrected chi connectivity index (χ4v) is 4.36. The van der Waals surface area contributed by atoms with Gasteiger partial charge in [-0.05, 0) is 62.7 Å². The highest BCUT2D eigenvalue weighted by Gasteiger charge is 2.21. The van der Waals surface area contributed by atoms with Crippen LogP contribution in [0.25, 0.3) is 0 Å². The van der Waals surface area contributed by atoms with Crippen LogP contribution in [-0.2, 0) is 21.3 Å². The van der Waals surface area contributed by atoms with Gasteiger partial charge in [-0.3, -0.25) is 10.1 Å². The van der Waals surface area contributed by atoms with E-state index >= 15 is 0 Å². The van der Waals surface area contributed by atoms with E-state index in [1.54, 1.807) is 83.1 Å². The molecule has 0 radical (unpaired) electrons. The van der Waals surface area contributed by atoms with Crippen LogP contribution in [0.2, 0.25) is 0 Å². The van der Waals surface area contributed by atoms with Crippen LogP contribution in [0.1, 0.15) is 50.5 Å². The molecule has 2 aromatic carbocycles. The van der Waals surface area contributed by atoms with Crippen LogP contribution in [0.15, 0.2) is 53.4 Å². The third-order valence-corrected chi connectivity index (χ3v) is 6.58. The number of hydrogen-bond donors (Lipinski definition) is 2. The topological polar surface area (TPSA) is 105 Å². The normalized spacial score (nSPS) is 11.8. The van der Waals surface area contributed by atoms with Gasteiger partial charge >= 0.3 is 6.09 Å². The molecule has 0 aromatic heterocycles. The average molecular weight is 462 g/mol. The molecule has 0 spiro atoms. The van der Waals surface area contributed by atoms with Gasteiger partial charge in [-0.25, -0.2) is 13.2 Å². The molecular weight excluding hydrogens is 430 g/mol. The van der Waals surface area contributed by atoms with Crippen LogP contribution >= 0.6 is 0 Å². The minimum absolute atomic E-state index is 0.226. The molecular formula is C23H31N3O5S. The van der Waals surface area contributed by atoms with E-state index in [1.165, 1.54) is 4.31 Å². The van der Waals surface area contributed by atoms with Crippen LogP contribution < -0.4 is 10.6 Å². The molecule has 32 heavy (non-hydrogen) atoms. The number of nitrogens with zero attached hydrogens (tertiary/aromatic N) is 1. The highest BCUT2D eigenvalue weighted by atomic mass is 32.2. The summed E-state index contributed by atoms with van der Waals surface area (Å²) >= 11 is 0. The monoisotopic (exact) mass is 461 g/mol. The summed E-state index contributed by atoms with van der Waals surface area (Å²) in [5.74, 6) is -0.284. The molecule has 2 amide bonds. The summed E-state index contributed by atoms with van der Waals surface area (Å²) in [7, 11) is -3.51. The third-order valence-electron chi connectivity index (χ3n) is 4.51. The highest BCUT2D eigenvalue weighted by Crippen LogP contribution is 2.17. The van der Waals surface area contributed by atoms with Crippen molar-refractivity contribution < 1.29 is 22.7 Å². The summed E-state index contributed by atoms with van der Waals surface area (Å²) in [4.78, 5) is 24.4. The molecule has 2 N–H and O–H groups in total. The lowest BCUT2D eigenvalue weighted by Gasteiger charge is -2.19. The summed E-state index contributed by atoms with van der Waals surface area (Å²) in [6.07, 6.45) is -0.568. The number of hydrogen-bond acceptors (Lipinski definition) is 5. The average Bonchev–Trinajstić information content (AvgIpc) is 2.72. The van der Waals surface area contributed by atoms with E-state index in [0.29, 0.717) is 24.3 Å². The number of sulfonamides is 1. The van der Waals surface area contributed by atoms with Gasteiger partial charge in [-0.1, -0.05) is 26.0 Å². The summed E-state index contributed by atoms with van der Waals surface area (Å²) in [6, 6.07) is 12.9. The zero-order chi connectivity index (χ0) is 23.9. The summed E-state index contributed by atoms with van der Waals surface area (Å²) in [5, 5.41) is 5.41. The SMILES string of the molecule is CCN(CC)S(=O)(=O)c1ccc(CNC(=O)c2ccc(NC(=O)OC(C)(C)C)cc2)cc1. The van der Waals surface area contributed by atoms with Crippen LogP contribution in [0.5, 0.6) is 0 Å². The Kier molecular flexibility index (Phi) is 8.40. The van der Waals surface area contributed by atoms with Gasteiger partial charge < -0.3 is 10.1 Å². The van der Waals surface area contributed by atoms with Crippen molar-refractivity contribution in [2.45, 2.75) is 51.7 Å². The van der Waals surface area contributed by atoms with Gasteiger partial charge in [0.05, 0.1) is 4.90 Å². The van der Waals surface area contributed by atoms with E-state index < -0.39 is 21.7 Å². The number of amides is 2. The van der Waals surface area contributed by atoms with Gasteiger partial charge in [0.25, 0.3) is 5.91 Å². The second kappa shape index (κ2) is 10.6. The molecule has 0 aliphatic heterocycles. The Balaban J connectivity index is 1.94. The third kappa shape index (κ3) is 7.06. The molecule has 0 unspecified atom stereocenters. The first-order valence-electron chi connectivity index (χ1n) is 10.4. The minimum atomic E-state index is -3.51. The minimum Gasteiger partial charge on any atom is -0.444 e. The Morgan fingerprint density at radius 1 is 0.938 bits per heavy atom. The maximum absolute atomic E-state index is 12.5. The van der Waals surface area contributed by atoms with Crippen molar-refractivity contribution in [3.8, 4) is 0 Å². The summed E-state index contributed by atoms with van der Waals surface area (Å²) in [6.45, 7) is 9.98. The summed E-state index contributed by atoms with van der Waals surface area (Å²) in [5.41, 5.74) is 1.12. The maximum Gasteiger partial charge on any atom is 0.412 e. The smallest absolute Gasteiger partial charge is 0.412 e. The standard InChI is InChI=1S/C23H31N3O5S/c1-6-26(7-2)32(29,30)20-14-8-17(9-15-20)16-24-21(27)18-10-12-19(13-11-18)25-22(28)31-23(3,4)5/h8-15H,6-7,16H2,1-5H3,(H,24,27)(H,25,28). The molecule has 0 saturated heterocycles. The van der Waals surface area contributed by atoms with E-state index in [2.05, 4.69) is 10.6 Å². The Morgan fingerprint density at radius 2 is 1.50 bits per heavy atom. The van der Waals surface area contributed by atoms with E-state index in [9.17, 15) is 18.0 Å². The van der Waals surface area contributed by atoms with Gasteiger partial charge in [-0.2, -0.15) is 4.31 Å². The Hall–Kier alpha value is -2.91. The Morgan fingerprint density at radius 3 is 2.00 bits per heavy atom. The number of ether oxygens (including phenoxy) is 1. The quantitative estimate of drug-likeness (QED) is 0.618. The molecule has 0 heterocycles. The van der Waals surface area contributed by atoms with Crippen molar-refractivity contribution in [3.05, 3.63) is 59.7 Å². The van der Waals surface area contributed by atoms with Crippen molar-refractivity contribution in [2.24, 2.45) is 0 Å². The highest BCUT2D eigenvalue weighted by molar-refractivity contribution is 7.89. The number of carbonyl (C=O) groups excluding carboxylic acids is 2. The largest absolute Gasteiger partial charge is 0.444 e. The predicted octanol–water partition coefficient (Wildman–Crippen LogP) is 3.99. The maximum atomic E-state index is 12.5. The zero-order valence-corrected chi connectivity index (χ0v) is 20.0. The first-order chi connectivity index (χ1) is 15.0. The van der Waals surface area contributed by atoms with E-state index in [4.69, 9.17) is 4.74 Å². The number of benzene rings is 2. The fourth-order valence-electron chi connectivity index (χ4n) is 2.90. The molecule has 8 nitrogen and oxygen atoms in total. The van der Waals surface area contributed by atoms with Crippen LogP contribution in [0, 0.1) is 0 Å². The molecule has 0 aliphatic carbocycles. The van der Waals surface area contributed by atoms with Crippen LogP contribution in [0.3, 0.4) is 0 Å². The molecule has 0 saturated carbocycles.